The molecular weight excluding hydrogens is 382 g/mol. The van der Waals surface area contributed by atoms with Gasteiger partial charge in [0.1, 0.15) is 5.75 Å². The minimum absolute atomic E-state index is 0.133. The van der Waals surface area contributed by atoms with Crippen LogP contribution >= 0.6 is 0 Å². The van der Waals surface area contributed by atoms with Crippen LogP contribution in [0.15, 0.2) is 41.3 Å². The summed E-state index contributed by atoms with van der Waals surface area (Å²) in [7, 11) is -0.124. The third-order valence-electron chi connectivity index (χ3n) is 4.07. The molecule has 1 N–H and O–H groups in total. The highest BCUT2D eigenvalue weighted by Gasteiger charge is 2.11. The summed E-state index contributed by atoms with van der Waals surface area (Å²) in [5.74, 6) is 1.58. The summed E-state index contributed by atoms with van der Waals surface area (Å²) in [5, 5.41) is 2.86. The molecule has 0 saturated heterocycles. The largest absolute Gasteiger partial charge is 0.494 e. The smallest absolute Gasteiger partial charge is 0.224 e. The summed E-state index contributed by atoms with van der Waals surface area (Å²) in [5.41, 5.74) is 1.54. The Hall–Kier alpha value is -2.74. The van der Waals surface area contributed by atoms with Crippen molar-refractivity contribution in [2.45, 2.75) is 24.7 Å². The maximum atomic E-state index is 12.2. The van der Waals surface area contributed by atoms with E-state index >= 15 is 0 Å². The molecule has 0 fully saturated rings. The van der Waals surface area contributed by atoms with Crippen LogP contribution in [0.4, 0.5) is 5.69 Å². The van der Waals surface area contributed by atoms with Crippen molar-refractivity contribution in [2.75, 3.05) is 32.4 Å². The number of benzene rings is 2. The van der Waals surface area contributed by atoms with Crippen LogP contribution in [0.1, 0.15) is 18.4 Å². The second-order valence-corrected chi connectivity index (χ2v) is 8.28. The number of methoxy groups -OCH3 is 2. The molecular formula is C20H25NO6S. The van der Waals surface area contributed by atoms with Crippen LogP contribution < -0.4 is 19.5 Å². The van der Waals surface area contributed by atoms with Gasteiger partial charge in [0.25, 0.3) is 0 Å². The fraction of sp³-hybridized carbons (Fsp3) is 0.350. The van der Waals surface area contributed by atoms with Crippen LogP contribution in [0.2, 0.25) is 0 Å². The van der Waals surface area contributed by atoms with E-state index in [-0.39, 0.29) is 17.2 Å². The van der Waals surface area contributed by atoms with Gasteiger partial charge in [0.15, 0.2) is 21.3 Å². The molecule has 0 unspecified atom stereocenters. The van der Waals surface area contributed by atoms with E-state index in [1.54, 1.807) is 38.5 Å². The molecule has 0 aromatic heterocycles. The van der Waals surface area contributed by atoms with Gasteiger partial charge in [0.2, 0.25) is 5.91 Å². The summed E-state index contributed by atoms with van der Waals surface area (Å²) < 4.78 is 38.9. The molecule has 2 aromatic rings. The Kier molecular flexibility index (Phi) is 7.28. The number of carbonyl (C=O) groups excluding carboxylic acids is 1. The number of carbonyl (C=O) groups is 1. The molecule has 28 heavy (non-hydrogen) atoms. The maximum absolute atomic E-state index is 12.2. The predicted octanol–water partition coefficient (Wildman–Crippen LogP) is 3.21. The quantitative estimate of drug-likeness (QED) is 0.642. The molecule has 7 nitrogen and oxygen atoms in total. The summed E-state index contributed by atoms with van der Waals surface area (Å²) in [6, 6.07) is 9.73. The fourth-order valence-corrected chi connectivity index (χ4v) is 3.16. The topological polar surface area (TPSA) is 90.9 Å². The molecule has 0 aliphatic heterocycles. The molecule has 0 bridgehead atoms. The van der Waals surface area contributed by atoms with Crippen molar-refractivity contribution in [3.05, 3.63) is 42.0 Å². The first-order valence-corrected chi connectivity index (χ1v) is 10.6. The van der Waals surface area contributed by atoms with Crippen molar-refractivity contribution in [1.82, 2.24) is 0 Å². The van der Waals surface area contributed by atoms with Crippen LogP contribution in [-0.4, -0.2) is 41.4 Å². The molecule has 0 saturated carbocycles. The Bertz CT molecular complexity index is 922. The molecule has 2 aromatic carbocycles. The average Bonchev–Trinajstić information content (AvgIpc) is 2.66. The molecule has 0 radical (unpaired) electrons. The summed E-state index contributed by atoms with van der Waals surface area (Å²) in [4.78, 5) is 12.4. The molecule has 0 spiro atoms. The van der Waals surface area contributed by atoms with E-state index in [9.17, 15) is 13.2 Å². The zero-order valence-corrected chi connectivity index (χ0v) is 17.3. The van der Waals surface area contributed by atoms with Crippen molar-refractivity contribution in [3.8, 4) is 17.2 Å². The number of anilines is 1. The number of rotatable bonds is 9. The van der Waals surface area contributed by atoms with Gasteiger partial charge in [-0.3, -0.25) is 4.79 Å². The van der Waals surface area contributed by atoms with Crippen molar-refractivity contribution >= 4 is 21.4 Å². The van der Waals surface area contributed by atoms with Crippen LogP contribution in [0, 0.1) is 6.92 Å². The van der Waals surface area contributed by atoms with Gasteiger partial charge in [-0.05, 0) is 49.2 Å². The first kappa shape index (κ1) is 21.6. The first-order chi connectivity index (χ1) is 13.2. The van der Waals surface area contributed by atoms with Gasteiger partial charge in [-0.15, -0.1) is 0 Å². The second-order valence-electron chi connectivity index (χ2n) is 6.27. The van der Waals surface area contributed by atoms with Gasteiger partial charge in [-0.25, -0.2) is 8.42 Å². The zero-order valence-electron chi connectivity index (χ0n) is 16.4. The van der Waals surface area contributed by atoms with Crippen molar-refractivity contribution in [2.24, 2.45) is 0 Å². The number of nitrogens with one attached hydrogen (secondary N) is 1. The van der Waals surface area contributed by atoms with E-state index in [1.807, 2.05) is 6.92 Å². The lowest BCUT2D eigenvalue weighted by Gasteiger charge is -2.13. The second kappa shape index (κ2) is 9.45. The summed E-state index contributed by atoms with van der Waals surface area (Å²) in [6.07, 6.45) is 1.96. The van der Waals surface area contributed by atoms with Gasteiger partial charge in [0, 0.05) is 24.4 Å². The zero-order chi connectivity index (χ0) is 20.7. The highest BCUT2D eigenvalue weighted by Crippen LogP contribution is 2.32. The van der Waals surface area contributed by atoms with Gasteiger partial charge in [0.05, 0.1) is 25.7 Å². The predicted molar refractivity (Wildman–Crippen MR) is 107 cm³/mol. The van der Waals surface area contributed by atoms with E-state index in [2.05, 4.69) is 5.32 Å². The number of hydrogen-bond acceptors (Lipinski definition) is 6. The molecule has 2 rings (SSSR count). The van der Waals surface area contributed by atoms with E-state index in [4.69, 9.17) is 14.2 Å². The standard InChI is InChI=1S/C20H25NO6S/c1-14-12-18(25-2)19(26-3)13-17(14)21-20(22)6-5-11-27-15-7-9-16(10-8-15)28(4,23)24/h7-10,12-13H,5-6,11H2,1-4H3,(H,21,22). The molecule has 1 amide bonds. The van der Waals surface area contributed by atoms with Crippen LogP contribution in [0.5, 0.6) is 17.2 Å². The normalized spacial score (nSPS) is 11.0. The fourth-order valence-electron chi connectivity index (χ4n) is 2.53. The van der Waals surface area contributed by atoms with Crippen molar-refractivity contribution in [3.63, 3.8) is 0 Å². The molecule has 0 heterocycles. The SMILES string of the molecule is COc1cc(C)c(NC(=O)CCCOc2ccc(S(C)(=O)=O)cc2)cc1OC. The number of sulfone groups is 1. The molecule has 8 heteroatoms. The van der Waals surface area contributed by atoms with E-state index in [0.717, 1.165) is 11.8 Å². The van der Waals surface area contributed by atoms with Crippen molar-refractivity contribution < 1.29 is 27.4 Å². The molecule has 152 valence electrons. The lowest BCUT2D eigenvalue weighted by Crippen LogP contribution is -2.14. The van der Waals surface area contributed by atoms with Gasteiger partial charge < -0.3 is 19.5 Å². The Morgan fingerprint density at radius 3 is 2.21 bits per heavy atom. The van der Waals surface area contributed by atoms with Crippen LogP contribution in [-0.2, 0) is 14.6 Å². The van der Waals surface area contributed by atoms with Gasteiger partial charge >= 0.3 is 0 Å². The highest BCUT2D eigenvalue weighted by atomic mass is 32.2. The Morgan fingerprint density at radius 2 is 1.64 bits per heavy atom. The Labute approximate surface area is 165 Å². The molecule has 0 atom stereocenters. The maximum Gasteiger partial charge on any atom is 0.224 e. The van der Waals surface area contributed by atoms with Crippen molar-refractivity contribution in [1.29, 1.82) is 0 Å². The summed E-state index contributed by atoms with van der Waals surface area (Å²) >= 11 is 0. The van der Waals surface area contributed by atoms with Gasteiger partial charge in [-0.2, -0.15) is 0 Å². The van der Waals surface area contributed by atoms with Crippen LogP contribution in [0.25, 0.3) is 0 Å². The number of aryl methyl sites for hydroxylation is 1. The minimum atomic E-state index is -3.22. The lowest BCUT2D eigenvalue weighted by atomic mass is 10.1. The highest BCUT2D eigenvalue weighted by molar-refractivity contribution is 7.90. The number of amides is 1. The first-order valence-electron chi connectivity index (χ1n) is 8.70. The molecule has 0 aliphatic rings. The Morgan fingerprint density at radius 1 is 1.04 bits per heavy atom. The third kappa shape index (κ3) is 5.88. The monoisotopic (exact) mass is 407 g/mol. The van der Waals surface area contributed by atoms with E-state index in [1.165, 1.54) is 12.1 Å². The number of hydrogen-bond donors (Lipinski definition) is 1. The van der Waals surface area contributed by atoms with Gasteiger partial charge in [-0.1, -0.05) is 0 Å². The molecule has 0 aliphatic carbocycles. The van der Waals surface area contributed by atoms with Crippen LogP contribution in [0.3, 0.4) is 0 Å². The third-order valence-corrected chi connectivity index (χ3v) is 5.20. The minimum Gasteiger partial charge on any atom is -0.494 e. The lowest BCUT2D eigenvalue weighted by molar-refractivity contribution is -0.116. The average molecular weight is 407 g/mol. The van der Waals surface area contributed by atoms with E-state index < -0.39 is 9.84 Å². The number of ether oxygens (including phenoxy) is 3. The summed E-state index contributed by atoms with van der Waals surface area (Å²) in [6.45, 7) is 2.22. The van der Waals surface area contributed by atoms with E-state index in [0.29, 0.717) is 36.0 Å². The Balaban J connectivity index is 1.83.